The Morgan fingerprint density at radius 2 is 2.11 bits per heavy atom. The fourth-order valence-corrected chi connectivity index (χ4v) is 4.16. The van der Waals surface area contributed by atoms with Crippen molar-refractivity contribution in [2.75, 3.05) is 20.2 Å². The second kappa shape index (κ2) is 7.26. The fourth-order valence-electron chi connectivity index (χ4n) is 4.16. The fraction of sp³-hybridized carbons (Fsp3) is 0.409. The quantitative estimate of drug-likeness (QED) is 0.683. The maximum absolute atomic E-state index is 13.0. The number of amides is 1. The van der Waals surface area contributed by atoms with Crippen molar-refractivity contribution < 1.29 is 14.1 Å². The summed E-state index contributed by atoms with van der Waals surface area (Å²) in [6.07, 6.45) is 3.90. The van der Waals surface area contributed by atoms with Crippen molar-refractivity contribution in [1.29, 1.82) is 0 Å². The molecule has 1 aliphatic heterocycles. The van der Waals surface area contributed by atoms with Gasteiger partial charge in [0.25, 0.3) is 5.91 Å². The molecule has 0 unspecified atom stereocenters. The van der Waals surface area contributed by atoms with Gasteiger partial charge in [-0.25, -0.2) is 0 Å². The summed E-state index contributed by atoms with van der Waals surface area (Å²) in [5.41, 5.74) is 3.38. The highest BCUT2D eigenvalue weighted by molar-refractivity contribution is 5.96. The molecule has 2 aromatic heterocycles. The molecule has 4 rings (SSSR count). The number of fused-ring (bicyclic) bond motifs is 1. The second-order valence-electron chi connectivity index (χ2n) is 7.51. The van der Waals surface area contributed by atoms with E-state index in [1.807, 2.05) is 30.2 Å². The van der Waals surface area contributed by atoms with E-state index in [0.717, 1.165) is 47.2 Å². The van der Waals surface area contributed by atoms with Crippen LogP contribution >= 0.6 is 0 Å². The highest BCUT2D eigenvalue weighted by Gasteiger charge is 2.29. The Labute approximate surface area is 164 Å². The number of rotatable bonds is 3. The monoisotopic (exact) mass is 379 g/mol. The smallest absolute Gasteiger partial charge is 0.259 e. The third-order valence-corrected chi connectivity index (χ3v) is 5.74. The molecule has 1 amide bonds. The zero-order valence-corrected chi connectivity index (χ0v) is 16.8. The zero-order chi connectivity index (χ0) is 19.8. The number of benzene rings is 1. The molecule has 3 aromatic rings. The standard InChI is InChI=1S/C22H25N3O3/c1-13-18-10-19(23-11-16(18)7-8-20(13)27-4)17-6-5-9-25(12-17)22(26)21-14(2)24-28-15(21)3/h7-8,10-11,17H,5-6,9,12H2,1-4H3/t17-/m0/s1. The molecular weight excluding hydrogens is 354 g/mol. The number of carbonyl (C=O) groups is 1. The Balaban J connectivity index is 1.63. The van der Waals surface area contributed by atoms with Gasteiger partial charge in [0.05, 0.1) is 12.8 Å². The average Bonchev–Trinajstić information content (AvgIpc) is 3.06. The van der Waals surface area contributed by atoms with E-state index in [2.05, 4.69) is 18.1 Å². The van der Waals surface area contributed by atoms with Gasteiger partial charge in [-0.05, 0) is 62.8 Å². The van der Waals surface area contributed by atoms with Gasteiger partial charge >= 0.3 is 0 Å². The molecule has 146 valence electrons. The van der Waals surface area contributed by atoms with Crippen LogP contribution in [0.4, 0.5) is 0 Å². The summed E-state index contributed by atoms with van der Waals surface area (Å²) in [4.78, 5) is 19.6. The highest BCUT2D eigenvalue weighted by Crippen LogP contribution is 2.32. The predicted molar refractivity (Wildman–Crippen MR) is 107 cm³/mol. The molecule has 1 fully saturated rings. The largest absolute Gasteiger partial charge is 0.496 e. The van der Waals surface area contributed by atoms with Gasteiger partial charge in [-0.15, -0.1) is 0 Å². The Bertz CT molecular complexity index is 1020. The van der Waals surface area contributed by atoms with E-state index in [1.54, 1.807) is 14.0 Å². The Morgan fingerprint density at radius 1 is 1.29 bits per heavy atom. The van der Waals surface area contributed by atoms with Gasteiger partial charge in [-0.1, -0.05) is 5.16 Å². The Hall–Kier alpha value is -2.89. The van der Waals surface area contributed by atoms with Crippen LogP contribution in [0, 0.1) is 20.8 Å². The van der Waals surface area contributed by atoms with Crippen LogP contribution in [0.15, 0.2) is 28.9 Å². The summed E-state index contributed by atoms with van der Waals surface area (Å²) in [5, 5.41) is 6.17. The molecule has 1 aromatic carbocycles. The zero-order valence-electron chi connectivity index (χ0n) is 16.8. The predicted octanol–water partition coefficient (Wildman–Crippen LogP) is 4.18. The molecule has 6 nitrogen and oxygen atoms in total. The number of nitrogens with zero attached hydrogens (tertiary/aromatic N) is 3. The first-order valence-corrected chi connectivity index (χ1v) is 9.65. The number of pyridine rings is 1. The molecule has 0 bridgehead atoms. The average molecular weight is 379 g/mol. The van der Waals surface area contributed by atoms with Crippen molar-refractivity contribution in [1.82, 2.24) is 15.0 Å². The molecule has 0 N–H and O–H groups in total. The van der Waals surface area contributed by atoms with Crippen LogP contribution < -0.4 is 4.74 Å². The minimum atomic E-state index is -0.000381. The minimum Gasteiger partial charge on any atom is -0.496 e. The summed E-state index contributed by atoms with van der Waals surface area (Å²) in [6.45, 7) is 7.07. The maximum Gasteiger partial charge on any atom is 0.259 e. The van der Waals surface area contributed by atoms with E-state index >= 15 is 0 Å². The van der Waals surface area contributed by atoms with E-state index in [1.165, 1.54) is 0 Å². The maximum atomic E-state index is 13.0. The van der Waals surface area contributed by atoms with Gasteiger partial charge in [-0.3, -0.25) is 9.78 Å². The molecule has 1 saturated heterocycles. The van der Waals surface area contributed by atoms with Crippen molar-refractivity contribution in [3.63, 3.8) is 0 Å². The first-order chi connectivity index (χ1) is 13.5. The van der Waals surface area contributed by atoms with Crippen molar-refractivity contribution in [2.24, 2.45) is 0 Å². The van der Waals surface area contributed by atoms with Crippen molar-refractivity contribution in [2.45, 2.75) is 39.5 Å². The molecule has 0 radical (unpaired) electrons. The van der Waals surface area contributed by atoms with E-state index in [0.29, 0.717) is 23.6 Å². The first-order valence-electron chi connectivity index (χ1n) is 9.65. The molecule has 0 saturated carbocycles. The summed E-state index contributed by atoms with van der Waals surface area (Å²) in [7, 11) is 1.69. The van der Waals surface area contributed by atoms with Crippen molar-refractivity contribution in [3.8, 4) is 5.75 Å². The lowest BCUT2D eigenvalue weighted by atomic mass is 9.92. The number of aryl methyl sites for hydroxylation is 3. The molecule has 0 aliphatic carbocycles. The number of aromatic nitrogens is 2. The van der Waals surface area contributed by atoms with E-state index in [4.69, 9.17) is 14.2 Å². The van der Waals surface area contributed by atoms with E-state index in [-0.39, 0.29) is 11.8 Å². The van der Waals surface area contributed by atoms with Gasteiger partial charge in [0.2, 0.25) is 0 Å². The number of ether oxygens (including phenoxy) is 1. The Kier molecular flexibility index (Phi) is 4.79. The van der Waals surface area contributed by atoms with Gasteiger partial charge in [-0.2, -0.15) is 0 Å². The molecule has 3 heterocycles. The number of hydrogen-bond acceptors (Lipinski definition) is 5. The lowest BCUT2D eigenvalue weighted by Gasteiger charge is -2.32. The van der Waals surface area contributed by atoms with Gasteiger partial charge in [0.15, 0.2) is 0 Å². The number of piperidine rings is 1. The van der Waals surface area contributed by atoms with Gasteiger partial charge < -0.3 is 14.2 Å². The molecule has 0 spiro atoms. The summed E-state index contributed by atoms with van der Waals surface area (Å²) < 4.78 is 10.6. The summed E-state index contributed by atoms with van der Waals surface area (Å²) in [5.74, 6) is 1.67. The van der Waals surface area contributed by atoms with Crippen LogP contribution in [-0.4, -0.2) is 41.1 Å². The van der Waals surface area contributed by atoms with Crippen LogP contribution in [0.25, 0.3) is 10.8 Å². The summed E-state index contributed by atoms with van der Waals surface area (Å²) >= 11 is 0. The van der Waals surface area contributed by atoms with Gasteiger partial charge in [0, 0.05) is 36.3 Å². The molecule has 1 aliphatic rings. The van der Waals surface area contributed by atoms with Crippen molar-refractivity contribution >= 4 is 16.7 Å². The van der Waals surface area contributed by atoms with E-state index in [9.17, 15) is 4.79 Å². The Morgan fingerprint density at radius 3 is 2.82 bits per heavy atom. The third kappa shape index (κ3) is 3.13. The van der Waals surface area contributed by atoms with Crippen LogP contribution in [0.5, 0.6) is 5.75 Å². The number of methoxy groups -OCH3 is 1. The molecule has 6 heteroatoms. The number of likely N-dealkylation sites (tertiary alicyclic amines) is 1. The van der Waals surface area contributed by atoms with Crippen LogP contribution in [0.1, 0.15) is 51.8 Å². The van der Waals surface area contributed by atoms with Gasteiger partial charge in [0.1, 0.15) is 17.1 Å². The minimum absolute atomic E-state index is 0.000381. The first kappa shape index (κ1) is 18.5. The second-order valence-corrected chi connectivity index (χ2v) is 7.51. The summed E-state index contributed by atoms with van der Waals surface area (Å²) in [6, 6.07) is 6.16. The van der Waals surface area contributed by atoms with Crippen molar-refractivity contribution in [3.05, 3.63) is 52.7 Å². The highest BCUT2D eigenvalue weighted by atomic mass is 16.5. The van der Waals surface area contributed by atoms with Crippen LogP contribution in [0.2, 0.25) is 0 Å². The normalized spacial score (nSPS) is 17.1. The van der Waals surface area contributed by atoms with Crippen LogP contribution in [-0.2, 0) is 0 Å². The SMILES string of the molecule is COc1ccc2cnc([C@H]3CCCN(C(=O)c4c(C)noc4C)C3)cc2c1C. The van der Waals surface area contributed by atoms with E-state index < -0.39 is 0 Å². The van der Waals surface area contributed by atoms with Crippen LogP contribution in [0.3, 0.4) is 0 Å². The third-order valence-electron chi connectivity index (χ3n) is 5.74. The molecule has 28 heavy (non-hydrogen) atoms. The lowest BCUT2D eigenvalue weighted by molar-refractivity contribution is 0.0703. The lowest BCUT2D eigenvalue weighted by Crippen LogP contribution is -2.39. The number of hydrogen-bond donors (Lipinski definition) is 0. The number of carbonyl (C=O) groups excluding carboxylic acids is 1. The molecular formula is C22H25N3O3. The topological polar surface area (TPSA) is 68.5 Å². The molecule has 1 atom stereocenters.